The molecule has 132 valence electrons. The molecule has 2 aromatic rings. The maximum Gasteiger partial charge on any atom is 0.241 e. The number of carbonyl (C=O) groups is 1. The van der Waals surface area contributed by atoms with Gasteiger partial charge in [-0.05, 0) is 48.5 Å². The molecule has 0 radical (unpaired) electrons. The fourth-order valence-electron chi connectivity index (χ4n) is 2.86. The number of anilines is 2. The Bertz CT molecular complexity index is 696. The summed E-state index contributed by atoms with van der Waals surface area (Å²) in [5, 5.41) is 3.18. The molecule has 1 amide bonds. The predicted octanol–water partition coefficient (Wildman–Crippen LogP) is 3.22. The molecule has 6 heteroatoms. The van der Waals surface area contributed by atoms with Crippen LogP contribution >= 0.6 is 15.9 Å². The lowest BCUT2D eigenvalue weighted by Gasteiger charge is -2.36. The van der Waals surface area contributed by atoms with Gasteiger partial charge in [0, 0.05) is 42.0 Å². The maximum atomic E-state index is 12.4. The first-order valence-electron chi connectivity index (χ1n) is 8.32. The summed E-state index contributed by atoms with van der Waals surface area (Å²) in [6.45, 7) is 3.50. The van der Waals surface area contributed by atoms with E-state index in [0.29, 0.717) is 6.54 Å². The average molecular weight is 404 g/mol. The molecule has 5 nitrogen and oxygen atoms in total. The van der Waals surface area contributed by atoms with E-state index in [4.69, 9.17) is 4.74 Å². The van der Waals surface area contributed by atoms with Gasteiger partial charge in [-0.3, -0.25) is 4.79 Å². The van der Waals surface area contributed by atoms with Crippen LogP contribution in [0.2, 0.25) is 0 Å². The monoisotopic (exact) mass is 403 g/mol. The third kappa shape index (κ3) is 4.66. The maximum absolute atomic E-state index is 12.4. The summed E-state index contributed by atoms with van der Waals surface area (Å²) >= 11 is 3.41. The van der Waals surface area contributed by atoms with Crippen LogP contribution in [-0.2, 0) is 4.79 Å². The number of ether oxygens (including phenoxy) is 1. The minimum absolute atomic E-state index is 0.136. The van der Waals surface area contributed by atoms with Crippen molar-refractivity contribution in [2.45, 2.75) is 0 Å². The highest BCUT2D eigenvalue weighted by Crippen LogP contribution is 2.20. The Balaban J connectivity index is 1.47. The number of hydrogen-bond donors (Lipinski definition) is 1. The van der Waals surface area contributed by atoms with E-state index in [1.165, 1.54) is 5.69 Å². The van der Waals surface area contributed by atoms with Crippen LogP contribution in [0.4, 0.5) is 11.4 Å². The number of piperazine rings is 1. The Morgan fingerprint density at radius 2 is 1.68 bits per heavy atom. The van der Waals surface area contributed by atoms with Crippen LogP contribution < -0.4 is 15.0 Å². The van der Waals surface area contributed by atoms with Crippen molar-refractivity contribution in [3.8, 4) is 5.75 Å². The van der Waals surface area contributed by atoms with Crippen LogP contribution in [-0.4, -0.2) is 50.6 Å². The van der Waals surface area contributed by atoms with Crippen LogP contribution in [0.5, 0.6) is 5.75 Å². The Hall–Kier alpha value is -2.21. The van der Waals surface area contributed by atoms with Crippen molar-refractivity contribution < 1.29 is 9.53 Å². The number of benzene rings is 2. The Kier molecular flexibility index (Phi) is 5.81. The minimum Gasteiger partial charge on any atom is -0.497 e. The molecule has 1 aliphatic heterocycles. The number of carbonyl (C=O) groups excluding carboxylic acids is 1. The van der Waals surface area contributed by atoms with E-state index < -0.39 is 0 Å². The van der Waals surface area contributed by atoms with Crippen LogP contribution in [0, 0.1) is 0 Å². The van der Waals surface area contributed by atoms with Gasteiger partial charge in [-0.15, -0.1) is 0 Å². The third-order valence-corrected chi connectivity index (χ3v) is 4.89. The van der Waals surface area contributed by atoms with E-state index in [1.807, 2.05) is 41.3 Å². The van der Waals surface area contributed by atoms with Gasteiger partial charge in [0.2, 0.25) is 5.91 Å². The van der Waals surface area contributed by atoms with Gasteiger partial charge in [0.25, 0.3) is 0 Å². The zero-order valence-electron chi connectivity index (χ0n) is 14.2. The first-order valence-corrected chi connectivity index (χ1v) is 9.11. The van der Waals surface area contributed by atoms with Crippen LogP contribution in [0.3, 0.4) is 0 Å². The van der Waals surface area contributed by atoms with Gasteiger partial charge in [-0.2, -0.15) is 0 Å². The van der Waals surface area contributed by atoms with E-state index in [0.717, 1.165) is 42.1 Å². The molecule has 1 fully saturated rings. The summed E-state index contributed by atoms with van der Waals surface area (Å²) in [4.78, 5) is 16.6. The summed E-state index contributed by atoms with van der Waals surface area (Å²) in [6.07, 6.45) is 0. The quantitative estimate of drug-likeness (QED) is 0.832. The number of rotatable bonds is 5. The van der Waals surface area contributed by atoms with Crippen molar-refractivity contribution in [2.24, 2.45) is 0 Å². The van der Waals surface area contributed by atoms with Gasteiger partial charge in [-0.25, -0.2) is 0 Å². The lowest BCUT2D eigenvalue weighted by Crippen LogP contribution is -2.50. The van der Waals surface area contributed by atoms with E-state index >= 15 is 0 Å². The third-order valence-electron chi connectivity index (χ3n) is 4.36. The van der Waals surface area contributed by atoms with E-state index in [1.54, 1.807) is 7.11 Å². The molecule has 1 saturated heterocycles. The summed E-state index contributed by atoms with van der Waals surface area (Å²) in [7, 11) is 1.67. The second-order valence-electron chi connectivity index (χ2n) is 5.93. The molecule has 0 aromatic heterocycles. The number of hydrogen-bond acceptors (Lipinski definition) is 4. The summed E-state index contributed by atoms with van der Waals surface area (Å²) in [5.74, 6) is 0.994. The predicted molar refractivity (Wildman–Crippen MR) is 104 cm³/mol. The SMILES string of the molecule is COc1ccc(N2CCN(C(=O)CNc3ccc(Br)cc3)CC2)cc1. The van der Waals surface area contributed by atoms with Gasteiger partial charge >= 0.3 is 0 Å². The smallest absolute Gasteiger partial charge is 0.241 e. The largest absolute Gasteiger partial charge is 0.497 e. The molecular formula is C19H22BrN3O2. The van der Waals surface area contributed by atoms with Gasteiger partial charge in [-0.1, -0.05) is 15.9 Å². The van der Waals surface area contributed by atoms with Gasteiger partial charge in [0.05, 0.1) is 13.7 Å². The van der Waals surface area contributed by atoms with Crippen LogP contribution in [0.1, 0.15) is 0 Å². The molecule has 3 rings (SSSR count). The number of methoxy groups -OCH3 is 1. The fourth-order valence-corrected chi connectivity index (χ4v) is 3.13. The number of halogens is 1. The van der Waals surface area contributed by atoms with Gasteiger partial charge in [0.1, 0.15) is 5.75 Å². The zero-order valence-corrected chi connectivity index (χ0v) is 15.8. The Morgan fingerprint density at radius 1 is 1.04 bits per heavy atom. The van der Waals surface area contributed by atoms with Gasteiger partial charge in [0.15, 0.2) is 0 Å². The number of nitrogens with one attached hydrogen (secondary N) is 1. The van der Waals surface area contributed by atoms with Crippen molar-refractivity contribution in [3.05, 3.63) is 53.0 Å². The molecule has 2 aromatic carbocycles. The fraction of sp³-hybridized carbons (Fsp3) is 0.316. The lowest BCUT2D eigenvalue weighted by atomic mass is 10.2. The molecule has 0 atom stereocenters. The highest BCUT2D eigenvalue weighted by atomic mass is 79.9. The zero-order chi connectivity index (χ0) is 17.6. The molecule has 1 N–H and O–H groups in total. The normalized spacial score (nSPS) is 14.3. The van der Waals surface area contributed by atoms with Crippen molar-refractivity contribution >= 4 is 33.2 Å². The molecule has 0 bridgehead atoms. The molecule has 0 saturated carbocycles. The topological polar surface area (TPSA) is 44.8 Å². The standard InChI is InChI=1S/C19H22BrN3O2/c1-25-18-8-6-17(7-9-18)22-10-12-23(13-11-22)19(24)14-21-16-4-2-15(20)3-5-16/h2-9,21H,10-14H2,1H3. The summed E-state index contributed by atoms with van der Waals surface area (Å²) in [5.41, 5.74) is 2.12. The molecule has 1 heterocycles. The highest BCUT2D eigenvalue weighted by molar-refractivity contribution is 9.10. The number of nitrogens with zero attached hydrogens (tertiary/aromatic N) is 2. The Labute approximate surface area is 156 Å². The van der Waals surface area contributed by atoms with Crippen LogP contribution in [0.25, 0.3) is 0 Å². The molecule has 0 unspecified atom stereocenters. The first-order chi connectivity index (χ1) is 12.2. The Morgan fingerprint density at radius 3 is 2.28 bits per heavy atom. The van der Waals surface area contributed by atoms with Crippen LogP contribution in [0.15, 0.2) is 53.0 Å². The number of amides is 1. The molecular weight excluding hydrogens is 382 g/mol. The summed E-state index contributed by atoms with van der Waals surface area (Å²) < 4.78 is 6.22. The van der Waals surface area contributed by atoms with Crippen molar-refractivity contribution in [1.29, 1.82) is 0 Å². The average Bonchev–Trinajstić information content (AvgIpc) is 2.67. The van der Waals surface area contributed by atoms with Crippen molar-refractivity contribution in [3.63, 3.8) is 0 Å². The highest BCUT2D eigenvalue weighted by Gasteiger charge is 2.21. The van der Waals surface area contributed by atoms with Crippen molar-refractivity contribution in [2.75, 3.05) is 50.1 Å². The van der Waals surface area contributed by atoms with E-state index in [-0.39, 0.29) is 5.91 Å². The lowest BCUT2D eigenvalue weighted by molar-refractivity contribution is -0.129. The second kappa shape index (κ2) is 8.25. The van der Waals surface area contributed by atoms with E-state index in [2.05, 4.69) is 38.3 Å². The first kappa shape index (κ1) is 17.6. The van der Waals surface area contributed by atoms with Crippen molar-refractivity contribution in [1.82, 2.24) is 4.90 Å². The minimum atomic E-state index is 0.136. The molecule has 1 aliphatic rings. The second-order valence-corrected chi connectivity index (χ2v) is 6.84. The molecule has 0 aliphatic carbocycles. The van der Waals surface area contributed by atoms with Gasteiger partial charge < -0.3 is 19.9 Å². The van der Waals surface area contributed by atoms with E-state index in [9.17, 15) is 4.79 Å². The molecule has 0 spiro atoms. The summed E-state index contributed by atoms with van der Waals surface area (Å²) in [6, 6.07) is 15.9. The molecule has 25 heavy (non-hydrogen) atoms.